The van der Waals surface area contributed by atoms with E-state index in [-0.39, 0.29) is 13.3 Å². The summed E-state index contributed by atoms with van der Waals surface area (Å²) in [7, 11) is 0. The third-order valence-electron chi connectivity index (χ3n) is 2.15. The Hall–Kier alpha value is -1.28. The van der Waals surface area contributed by atoms with Gasteiger partial charge in [-0.2, -0.15) is 30.7 Å². The molecular weight excluding hydrogens is 285 g/mol. The Balaban J connectivity index is 4.91. The van der Waals surface area contributed by atoms with Gasteiger partial charge in [-0.05, 0) is 13.3 Å². The Kier molecular flexibility index (Phi) is 5.40. The molecule has 2 nitrogen and oxygen atoms in total. The van der Waals surface area contributed by atoms with Gasteiger partial charge in [0.1, 0.15) is 0 Å². The third kappa shape index (κ3) is 3.84. The highest BCUT2D eigenvalue weighted by Crippen LogP contribution is 2.48. The van der Waals surface area contributed by atoms with Crippen LogP contribution in [0.4, 0.5) is 30.7 Å². The standard InChI is InChI=1S/C10H11F7O2/c1-3-4-5-7(18)19-6(2)8(11,12)9(13,14)10(15,16)17/h3,6H,1,4-5H2,2H3. The summed E-state index contributed by atoms with van der Waals surface area (Å²) in [5.41, 5.74) is 0. The topological polar surface area (TPSA) is 26.3 Å². The SMILES string of the molecule is C=CCCC(=O)OC(C)C(F)(F)C(F)(F)C(F)(F)F. The first-order chi connectivity index (χ1) is 8.38. The smallest absolute Gasteiger partial charge is 0.456 e. The van der Waals surface area contributed by atoms with Crippen LogP contribution < -0.4 is 0 Å². The largest absolute Gasteiger partial charge is 0.460 e. The Morgan fingerprint density at radius 3 is 2.05 bits per heavy atom. The molecule has 19 heavy (non-hydrogen) atoms. The van der Waals surface area contributed by atoms with E-state index in [1.807, 2.05) is 0 Å². The minimum Gasteiger partial charge on any atom is -0.456 e. The van der Waals surface area contributed by atoms with E-state index in [1.54, 1.807) is 0 Å². The summed E-state index contributed by atoms with van der Waals surface area (Å²) in [6, 6.07) is 0. The summed E-state index contributed by atoms with van der Waals surface area (Å²) in [5.74, 6) is -13.2. The van der Waals surface area contributed by atoms with E-state index in [4.69, 9.17) is 0 Å². The fraction of sp³-hybridized carbons (Fsp3) is 0.700. The fourth-order valence-electron chi connectivity index (χ4n) is 0.994. The molecule has 0 N–H and O–H groups in total. The van der Waals surface area contributed by atoms with Crippen LogP contribution in [-0.4, -0.2) is 30.1 Å². The average molecular weight is 296 g/mol. The van der Waals surface area contributed by atoms with Crippen molar-refractivity contribution in [1.29, 1.82) is 0 Å². The summed E-state index contributed by atoms with van der Waals surface area (Å²) in [5, 5.41) is 0. The number of allylic oxidation sites excluding steroid dienone is 1. The summed E-state index contributed by atoms with van der Waals surface area (Å²) < 4.78 is 90.6. The van der Waals surface area contributed by atoms with E-state index in [0.29, 0.717) is 0 Å². The zero-order chi connectivity index (χ0) is 15.5. The minimum absolute atomic E-state index is 0.0206. The third-order valence-corrected chi connectivity index (χ3v) is 2.15. The molecule has 9 heteroatoms. The molecule has 0 rings (SSSR count). The molecule has 0 heterocycles. The Morgan fingerprint density at radius 2 is 1.68 bits per heavy atom. The van der Waals surface area contributed by atoms with Crippen molar-refractivity contribution < 1.29 is 40.3 Å². The molecule has 112 valence electrons. The molecule has 0 aliphatic heterocycles. The highest BCUT2D eigenvalue weighted by atomic mass is 19.4. The van der Waals surface area contributed by atoms with Gasteiger partial charge in [0.15, 0.2) is 6.10 Å². The lowest BCUT2D eigenvalue weighted by atomic mass is 10.1. The molecule has 0 amide bonds. The van der Waals surface area contributed by atoms with Gasteiger partial charge in [-0.15, -0.1) is 6.58 Å². The number of esters is 1. The molecular formula is C10H11F7O2. The molecule has 0 radical (unpaired) electrons. The van der Waals surface area contributed by atoms with E-state index < -0.39 is 36.5 Å². The van der Waals surface area contributed by atoms with Gasteiger partial charge in [-0.1, -0.05) is 6.08 Å². The highest BCUT2D eigenvalue weighted by molar-refractivity contribution is 5.69. The van der Waals surface area contributed by atoms with Crippen molar-refractivity contribution in [2.24, 2.45) is 0 Å². The van der Waals surface area contributed by atoms with Crippen LogP contribution >= 0.6 is 0 Å². The number of alkyl halides is 7. The number of hydrogen-bond donors (Lipinski definition) is 0. The Bertz CT molecular complexity index is 335. The van der Waals surface area contributed by atoms with Gasteiger partial charge in [0, 0.05) is 6.42 Å². The lowest BCUT2D eigenvalue weighted by molar-refractivity contribution is -0.369. The van der Waals surface area contributed by atoms with Gasteiger partial charge in [0.2, 0.25) is 0 Å². The van der Waals surface area contributed by atoms with Crippen LogP contribution in [0.25, 0.3) is 0 Å². The van der Waals surface area contributed by atoms with E-state index >= 15 is 0 Å². The van der Waals surface area contributed by atoms with E-state index in [9.17, 15) is 35.5 Å². The maximum absolute atomic E-state index is 13.0. The normalized spacial score (nSPS) is 14.9. The zero-order valence-corrected chi connectivity index (χ0v) is 9.74. The molecule has 0 fully saturated rings. The molecule has 0 aromatic heterocycles. The molecule has 1 unspecified atom stereocenters. The van der Waals surface area contributed by atoms with Gasteiger partial charge >= 0.3 is 24.0 Å². The van der Waals surface area contributed by atoms with Crippen molar-refractivity contribution >= 4 is 5.97 Å². The van der Waals surface area contributed by atoms with Crippen molar-refractivity contribution in [3.63, 3.8) is 0 Å². The maximum atomic E-state index is 13.0. The van der Waals surface area contributed by atoms with Crippen molar-refractivity contribution in [3.8, 4) is 0 Å². The van der Waals surface area contributed by atoms with Crippen LogP contribution in [0.2, 0.25) is 0 Å². The second-order valence-electron chi connectivity index (χ2n) is 3.65. The van der Waals surface area contributed by atoms with E-state index in [0.717, 1.165) is 0 Å². The predicted molar refractivity (Wildman–Crippen MR) is 50.9 cm³/mol. The van der Waals surface area contributed by atoms with Crippen molar-refractivity contribution in [1.82, 2.24) is 0 Å². The van der Waals surface area contributed by atoms with Crippen LogP contribution in [0.5, 0.6) is 0 Å². The lowest BCUT2D eigenvalue weighted by Gasteiger charge is -2.31. The maximum Gasteiger partial charge on any atom is 0.460 e. The summed E-state index contributed by atoms with van der Waals surface area (Å²) in [6.07, 6.45) is -8.55. The molecule has 0 saturated heterocycles. The number of hydrogen-bond acceptors (Lipinski definition) is 2. The van der Waals surface area contributed by atoms with Crippen molar-refractivity contribution in [2.75, 3.05) is 0 Å². The van der Waals surface area contributed by atoms with Crippen molar-refractivity contribution in [2.45, 2.75) is 43.9 Å². The fourth-order valence-corrected chi connectivity index (χ4v) is 0.994. The van der Waals surface area contributed by atoms with E-state index in [2.05, 4.69) is 11.3 Å². The van der Waals surface area contributed by atoms with Gasteiger partial charge in [0.25, 0.3) is 0 Å². The van der Waals surface area contributed by atoms with Gasteiger partial charge < -0.3 is 4.74 Å². The summed E-state index contributed by atoms with van der Waals surface area (Å²) in [4.78, 5) is 10.9. The zero-order valence-electron chi connectivity index (χ0n) is 9.74. The molecule has 0 aromatic carbocycles. The lowest BCUT2D eigenvalue weighted by Crippen LogP contribution is -2.57. The van der Waals surface area contributed by atoms with E-state index in [1.165, 1.54) is 6.08 Å². The van der Waals surface area contributed by atoms with Crippen molar-refractivity contribution in [3.05, 3.63) is 12.7 Å². The van der Waals surface area contributed by atoms with Crippen LogP contribution in [-0.2, 0) is 9.53 Å². The first-order valence-electron chi connectivity index (χ1n) is 5.00. The molecule has 0 aliphatic carbocycles. The molecule has 0 aliphatic rings. The second kappa shape index (κ2) is 5.79. The van der Waals surface area contributed by atoms with Gasteiger partial charge in [0.05, 0.1) is 0 Å². The predicted octanol–water partition coefficient (Wildman–Crippen LogP) is 3.72. The number of halogens is 7. The number of carbonyl (C=O) groups is 1. The summed E-state index contributed by atoms with van der Waals surface area (Å²) >= 11 is 0. The minimum atomic E-state index is -6.45. The van der Waals surface area contributed by atoms with Crippen LogP contribution in [0.3, 0.4) is 0 Å². The Morgan fingerprint density at radius 1 is 1.21 bits per heavy atom. The molecule has 0 spiro atoms. The highest BCUT2D eigenvalue weighted by Gasteiger charge is 2.75. The van der Waals surface area contributed by atoms with Crippen LogP contribution in [0.1, 0.15) is 19.8 Å². The Labute approximate surface area is 104 Å². The molecule has 0 aromatic rings. The number of rotatable bonds is 6. The van der Waals surface area contributed by atoms with Gasteiger partial charge in [-0.3, -0.25) is 4.79 Å². The average Bonchev–Trinajstić information content (AvgIpc) is 2.24. The quantitative estimate of drug-likeness (QED) is 0.424. The molecule has 1 atom stereocenters. The van der Waals surface area contributed by atoms with Crippen LogP contribution in [0.15, 0.2) is 12.7 Å². The number of ether oxygens (including phenoxy) is 1. The first-order valence-corrected chi connectivity index (χ1v) is 5.00. The van der Waals surface area contributed by atoms with Gasteiger partial charge in [-0.25, -0.2) is 0 Å². The van der Waals surface area contributed by atoms with Crippen LogP contribution in [0, 0.1) is 0 Å². The first kappa shape index (κ1) is 17.7. The second-order valence-corrected chi connectivity index (χ2v) is 3.65. The molecule has 0 saturated carbocycles. The molecule has 0 bridgehead atoms. The monoisotopic (exact) mass is 296 g/mol. The number of carbonyl (C=O) groups excluding carboxylic acids is 1. The summed E-state index contributed by atoms with van der Waals surface area (Å²) in [6.45, 7) is 3.48.